The number of aryl methyl sites for hydroxylation is 1. The van der Waals surface area contributed by atoms with Crippen molar-refractivity contribution < 1.29 is 0 Å². The van der Waals surface area contributed by atoms with Gasteiger partial charge in [-0.05, 0) is 30.2 Å². The summed E-state index contributed by atoms with van der Waals surface area (Å²) in [6.45, 7) is 2.12. The minimum atomic E-state index is 0.653. The van der Waals surface area contributed by atoms with E-state index in [1.54, 1.807) is 23.6 Å². The summed E-state index contributed by atoms with van der Waals surface area (Å²) in [5.74, 6) is 0. The molecular formula is C17H13N3S. The third-order valence-electron chi connectivity index (χ3n) is 3.31. The molecule has 0 aliphatic rings. The fraction of sp³-hybridized carbons (Fsp3) is 0.118. The Hall–Kier alpha value is -2.51. The van der Waals surface area contributed by atoms with Gasteiger partial charge in [0.15, 0.2) is 0 Å². The first-order chi connectivity index (χ1) is 10.3. The SMILES string of the molecule is CCc1cnccc1-c1nc(-c2cccc(C#N)c2)cs1. The minimum absolute atomic E-state index is 0.653. The van der Waals surface area contributed by atoms with Gasteiger partial charge in [-0.3, -0.25) is 4.98 Å². The van der Waals surface area contributed by atoms with Crippen molar-refractivity contribution in [3.8, 4) is 27.9 Å². The van der Waals surface area contributed by atoms with Gasteiger partial charge in [0.25, 0.3) is 0 Å². The van der Waals surface area contributed by atoms with Crippen LogP contribution in [0.2, 0.25) is 0 Å². The molecule has 0 bridgehead atoms. The first-order valence-corrected chi connectivity index (χ1v) is 7.59. The molecule has 1 aromatic carbocycles. The molecule has 3 aromatic rings. The lowest BCUT2D eigenvalue weighted by atomic mass is 10.1. The van der Waals surface area contributed by atoms with Crippen LogP contribution < -0.4 is 0 Å². The molecule has 0 atom stereocenters. The highest BCUT2D eigenvalue weighted by Crippen LogP contribution is 2.31. The van der Waals surface area contributed by atoms with Gasteiger partial charge in [0, 0.05) is 28.9 Å². The Bertz CT molecular complexity index is 815. The zero-order valence-corrected chi connectivity index (χ0v) is 12.4. The van der Waals surface area contributed by atoms with Crippen LogP contribution in [-0.2, 0) is 6.42 Å². The number of aromatic nitrogens is 2. The van der Waals surface area contributed by atoms with Gasteiger partial charge in [0.05, 0.1) is 17.3 Å². The van der Waals surface area contributed by atoms with Gasteiger partial charge in [-0.2, -0.15) is 5.26 Å². The quantitative estimate of drug-likeness (QED) is 0.722. The molecule has 0 unspecified atom stereocenters. The number of rotatable bonds is 3. The highest BCUT2D eigenvalue weighted by molar-refractivity contribution is 7.13. The summed E-state index contributed by atoms with van der Waals surface area (Å²) in [6.07, 6.45) is 4.63. The summed E-state index contributed by atoms with van der Waals surface area (Å²) in [5.41, 5.74) is 4.87. The van der Waals surface area contributed by atoms with Crippen molar-refractivity contribution in [2.24, 2.45) is 0 Å². The molecule has 3 rings (SSSR count). The summed E-state index contributed by atoms with van der Waals surface area (Å²) in [4.78, 5) is 8.89. The maximum atomic E-state index is 8.99. The maximum Gasteiger partial charge on any atom is 0.124 e. The van der Waals surface area contributed by atoms with E-state index in [1.807, 2.05) is 35.8 Å². The van der Waals surface area contributed by atoms with Gasteiger partial charge in [0.1, 0.15) is 5.01 Å². The number of nitrogens with zero attached hydrogens (tertiary/aromatic N) is 3. The first kappa shape index (κ1) is 13.5. The second-order valence-corrected chi connectivity index (χ2v) is 5.47. The van der Waals surface area contributed by atoms with Crippen LogP contribution in [0.3, 0.4) is 0 Å². The van der Waals surface area contributed by atoms with Crippen LogP contribution in [0.25, 0.3) is 21.8 Å². The molecule has 21 heavy (non-hydrogen) atoms. The van der Waals surface area contributed by atoms with Crippen LogP contribution in [0, 0.1) is 11.3 Å². The van der Waals surface area contributed by atoms with Crippen LogP contribution in [0.5, 0.6) is 0 Å². The van der Waals surface area contributed by atoms with E-state index in [1.165, 1.54) is 5.56 Å². The number of hydrogen-bond donors (Lipinski definition) is 0. The van der Waals surface area contributed by atoms with Gasteiger partial charge in [-0.15, -0.1) is 11.3 Å². The molecule has 4 heteroatoms. The second kappa shape index (κ2) is 5.86. The second-order valence-electron chi connectivity index (χ2n) is 4.62. The van der Waals surface area contributed by atoms with Gasteiger partial charge in [-0.1, -0.05) is 19.1 Å². The Morgan fingerprint density at radius 3 is 3.00 bits per heavy atom. The van der Waals surface area contributed by atoms with Crippen LogP contribution in [0.15, 0.2) is 48.1 Å². The minimum Gasteiger partial charge on any atom is -0.264 e. The molecule has 0 aliphatic heterocycles. The van der Waals surface area contributed by atoms with Crippen molar-refractivity contribution in [1.29, 1.82) is 5.26 Å². The lowest BCUT2D eigenvalue weighted by molar-refractivity contribution is 1.10. The number of pyridine rings is 1. The van der Waals surface area contributed by atoms with Crippen molar-refractivity contribution >= 4 is 11.3 Å². The van der Waals surface area contributed by atoms with Crippen molar-refractivity contribution in [3.63, 3.8) is 0 Å². The first-order valence-electron chi connectivity index (χ1n) is 6.71. The summed E-state index contributed by atoms with van der Waals surface area (Å²) >= 11 is 1.62. The van der Waals surface area contributed by atoms with Crippen LogP contribution in [0.1, 0.15) is 18.1 Å². The third kappa shape index (κ3) is 2.69. The number of hydrogen-bond acceptors (Lipinski definition) is 4. The summed E-state index contributed by atoms with van der Waals surface area (Å²) in [6, 6.07) is 11.7. The van der Waals surface area contributed by atoms with Gasteiger partial charge >= 0.3 is 0 Å². The molecule has 2 heterocycles. The highest BCUT2D eigenvalue weighted by atomic mass is 32.1. The van der Waals surface area contributed by atoms with Gasteiger partial charge in [-0.25, -0.2) is 4.98 Å². The summed E-state index contributed by atoms with van der Waals surface area (Å²) < 4.78 is 0. The zero-order valence-electron chi connectivity index (χ0n) is 11.6. The Morgan fingerprint density at radius 1 is 1.29 bits per heavy atom. The lowest BCUT2D eigenvalue weighted by Crippen LogP contribution is -1.88. The van der Waals surface area contributed by atoms with E-state index < -0.39 is 0 Å². The largest absolute Gasteiger partial charge is 0.264 e. The number of thiazole rings is 1. The van der Waals surface area contributed by atoms with Crippen molar-refractivity contribution in [1.82, 2.24) is 9.97 Å². The number of nitriles is 1. The molecular weight excluding hydrogens is 278 g/mol. The standard InChI is InChI=1S/C17H13N3S/c1-2-13-10-19-7-6-15(13)17-20-16(11-21-17)14-5-3-4-12(8-14)9-18/h3-8,10-11H,2H2,1H3. The molecule has 3 nitrogen and oxygen atoms in total. The maximum absolute atomic E-state index is 8.99. The molecule has 0 spiro atoms. The Balaban J connectivity index is 2.02. The third-order valence-corrected chi connectivity index (χ3v) is 4.18. The fourth-order valence-electron chi connectivity index (χ4n) is 2.20. The van der Waals surface area contributed by atoms with Crippen molar-refractivity contribution in [2.45, 2.75) is 13.3 Å². The Kier molecular flexibility index (Phi) is 3.76. The average molecular weight is 291 g/mol. The fourth-order valence-corrected chi connectivity index (χ4v) is 3.08. The van der Waals surface area contributed by atoms with Crippen molar-refractivity contribution in [3.05, 3.63) is 59.2 Å². The van der Waals surface area contributed by atoms with E-state index >= 15 is 0 Å². The molecule has 0 aliphatic carbocycles. The van der Waals surface area contributed by atoms with Crippen LogP contribution in [0.4, 0.5) is 0 Å². The van der Waals surface area contributed by atoms with E-state index in [4.69, 9.17) is 10.2 Å². The van der Waals surface area contributed by atoms with E-state index in [0.717, 1.165) is 28.2 Å². The lowest BCUT2D eigenvalue weighted by Gasteiger charge is -2.03. The predicted octanol–water partition coefficient (Wildman–Crippen LogP) is 4.31. The summed E-state index contributed by atoms with van der Waals surface area (Å²) in [7, 11) is 0. The highest BCUT2D eigenvalue weighted by Gasteiger charge is 2.10. The van der Waals surface area contributed by atoms with Crippen molar-refractivity contribution in [2.75, 3.05) is 0 Å². The van der Waals surface area contributed by atoms with E-state index in [2.05, 4.69) is 18.0 Å². The Labute approximate surface area is 127 Å². The molecule has 0 radical (unpaired) electrons. The smallest absolute Gasteiger partial charge is 0.124 e. The van der Waals surface area contributed by atoms with Crippen LogP contribution in [-0.4, -0.2) is 9.97 Å². The molecule has 0 amide bonds. The normalized spacial score (nSPS) is 10.3. The summed E-state index contributed by atoms with van der Waals surface area (Å²) in [5, 5.41) is 12.0. The molecule has 0 fully saturated rings. The Morgan fingerprint density at radius 2 is 2.19 bits per heavy atom. The average Bonchev–Trinajstić information content (AvgIpc) is 3.04. The monoisotopic (exact) mass is 291 g/mol. The number of benzene rings is 1. The molecule has 2 aromatic heterocycles. The molecule has 0 N–H and O–H groups in total. The topological polar surface area (TPSA) is 49.6 Å². The van der Waals surface area contributed by atoms with E-state index in [-0.39, 0.29) is 0 Å². The molecule has 0 saturated heterocycles. The van der Waals surface area contributed by atoms with Crippen LogP contribution >= 0.6 is 11.3 Å². The zero-order chi connectivity index (χ0) is 14.7. The predicted molar refractivity (Wildman–Crippen MR) is 84.9 cm³/mol. The van der Waals surface area contributed by atoms with Gasteiger partial charge < -0.3 is 0 Å². The molecule has 102 valence electrons. The van der Waals surface area contributed by atoms with E-state index in [0.29, 0.717) is 5.56 Å². The molecule has 0 saturated carbocycles. The van der Waals surface area contributed by atoms with Gasteiger partial charge in [0.2, 0.25) is 0 Å². The van der Waals surface area contributed by atoms with E-state index in [9.17, 15) is 0 Å².